The summed E-state index contributed by atoms with van der Waals surface area (Å²) in [5, 5.41) is 5.24. The average Bonchev–Trinajstić information content (AvgIpc) is 2.45. The molecule has 1 rings (SSSR count). The number of carbonyl (C=O) groups is 3. The van der Waals surface area contributed by atoms with Gasteiger partial charge in [0.2, 0.25) is 17.7 Å². The number of amides is 3. The van der Waals surface area contributed by atoms with Crippen LogP contribution in [0.3, 0.4) is 0 Å². The predicted octanol–water partition coefficient (Wildman–Crippen LogP) is 0.965. The highest BCUT2D eigenvalue weighted by Gasteiger charge is 2.27. The van der Waals surface area contributed by atoms with Crippen molar-refractivity contribution >= 4 is 40.3 Å². The van der Waals surface area contributed by atoms with Crippen LogP contribution in [0.2, 0.25) is 0 Å². The number of rotatable bonds is 7. The highest BCUT2D eigenvalue weighted by atomic mass is 127. The van der Waals surface area contributed by atoms with Crippen LogP contribution in [0.5, 0.6) is 0 Å². The molecule has 0 heterocycles. The molecular formula is C16H22IN3O3. The third kappa shape index (κ3) is 6.17. The molecule has 1 aromatic carbocycles. The van der Waals surface area contributed by atoms with Crippen molar-refractivity contribution in [2.45, 2.75) is 39.3 Å². The first kappa shape index (κ1) is 19.4. The van der Waals surface area contributed by atoms with Crippen LogP contribution in [0.1, 0.15) is 26.3 Å². The number of carbonyl (C=O) groups excluding carboxylic acids is 3. The molecule has 2 atom stereocenters. The Bertz CT molecular complexity index is 590. The molecule has 0 bridgehead atoms. The van der Waals surface area contributed by atoms with Crippen molar-refractivity contribution < 1.29 is 14.4 Å². The van der Waals surface area contributed by atoms with Crippen molar-refractivity contribution in [3.8, 4) is 0 Å². The highest BCUT2D eigenvalue weighted by Crippen LogP contribution is 2.14. The van der Waals surface area contributed by atoms with Gasteiger partial charge in [-0.2, -0.15) is 0 Å². The van der Waals surface area contributed by atoms with Crippen LogP contribution in [-0.2, 0) is 20.8 Å². The van der Waals surface area contributed by atoms with E-state index in [2.05, 4.69) is 33.2 Å². The Morgan fingerprint density at radius 1 is 1.17 bits per heavy atom. The SMILES string of the molecule is CC(=O)N[C@@H](C(=O)N[C@H](Cc1ccccc1I)C(N)=O)C(C)C. The van der Waals surface area contributed by atoms with Gasteiger partial charge in [0.25, 0.3) is 0 Å². The lowest BCUT2D eigenvalue weighted by molar-refractivity contribution is -0.131. The minimum atomic E-state index is -0.826. The molecule has 126 valence electrons. The second-order valence-electron chi connectivity index (χ2n) is 5.68. The molecule has 6 nitrogen and oxygen atoms in total. The Morgan fingerprint density at radius 2 is 1.78 bits per heavy atom. The maximum absolute atomic E-state index is 12.4. The number of benzene rings is 1. The van der Waals surface area contributed by atoms with Gasteiger partial charge in [-0.1, -0.05) is 32.0 Å². The zero-order valence-corrected chi connectivity index (χ0v) is 15.6. The number of nitrogens with two attached hydrogens (primary N) is 1. The van der Waals surface area contributed by atoms with Gasteiger partial charge in [0, 0.05) is 16.9 Å². The monoisotopic (exact) mass is 431 g/mol. The minimum absolute atomic E-state index is 0.107. The fourth-order valence-electron chi connectivity index (χ4n) is 2.12. The molecule has 0 saturated heterocycles. The molecule has 0 aliphatic carbocycles. The van der Waals surface area contributed by atoms with Crippen LogP contribution in [0.4, 0.5) is 0 Å². The summed E-state index contributed by atoms with van der Waals surface area (Å²) in [6, 6.07) is 6.04. The van der Waals surface area contributed by atoms with Gasteiger partial charge < -0.3 is 16.4 Å². The van der Waals surface area contributed by atoms with E-state index in [0.29, 0.717) is 6.42 Å². The molecule has 1 aromatic rings. The van der Waals surface area contributed by atoms with Crippen molar-refractivity contribution in [3.05, 3.63) is 33.4 Å². The molecule has 0 aromatic heterocycles. The summed E-state index contributed by atoms with van der Waals surface area (Å²) in [6.45, 7) is 4.99. The molecule has 3 amide bonds. The number of hydrogen-bond donors (Lipinski definition) is 3. The van der Waals surface area contributed by atoms with Crippen molar-refractivity contribution in [1.82, 2.24) is 10.6 Å². The topological polar surface area (TPSA) is 101 Å². The Balaban J connectivity index is 2.86. The first-order chi connectivity index (χ1) is 10.7. The zero-order chi connectivity index (χ0) is 17.6. The quantitative estimate of drug-likeness (QED) is 0.561. The molecular weight excluding hydrogens is 409 g/mol. The van der Waals surface area contributed by atoms with Gasteiger partial charge in [0.15, 0.2) is 0 Å². The molecule has 23 heavy (non-hydrogen) atoms. The number of nitrogens with one attached hydrogen (secondary N) is 2. The lowest BCUT2D eigenvalue weighted by atomic mass is 10.0. The van der Waals surface area contributed by atoms with E-state index in [4.69, 9.17) is 5.73 Å². The minimum Gasteiger partial charge on any atom is -0.368 e. The largest absolute Gasteiger partial charge is 0.368 e. The van der Waals surface area contributed by atoms with Crippen LogP contribution in [0, 0.1) is 9.49 Å². The van der Waals surface area contributed by atoms with E-state index < -0.39 is 23.9 Å². The Morgan fingerprint density at radius 3 is 2.26 bits per heavy atom. The summed E-state index contributed by atoms with van der Waals surface area (Å²) in [5.74, 6) is -1.43. The standard InChI is InChI=1S/C16H22IN3O3/c1-9(2)14(19-10(3)21)16(23)20-13(15(18)22)8-11-6-4-5-7-12(11)17/h4-7,9,13-14H,8H2,1-3H3,(H2,18,22)(H,19,21)(H,20,23)/t13-,14-/m1/s1. The van der Waals surface area contributed by atoms with Gasteiger partial charge in [0.05, 0.1) is 0 Å². The molecule has 0 spiro atoms. The van der Waals surface area contributed by atoms with Gasteiger partial charge in [-0.15, -0.1) is 0 Å². The van der Waals surface area contributed by atoms with E-state index in [1.807, 2.05) is 38.1 Å². The van der Waals surface area contributed by atoms with Crippen LogP contribution in [0.15, 0.2) is 24.3 Å². The first-order valence-corrected chi connectivity index (χ1v) is 8.40. The normalized spacial score (nSPS) is 13.3. The maximum atomic E-state index is 12.4. The van der Waals surface area contributed by atoms with E-state index in [-0.39, 0.29) is 11.8 Å². The summed E-state index contributed by atoms with van der Waals surface area (Å²) in [7, 11) is 0. The zero-order valence-electron chi connectivity index (χ0n) is 13.4. The Kier molecular flexibility index (Phi) is 7.47. The molecule has 7 heteroatoms. The van der Waals surface area contributed by atoms with Crippen LogP contribution >= 0.6 is 22.6 Å². The summed E-state index contributed by atoms with van der Waals surface area (Å²) in [4.78, 5) is 35.3. The third-order valence-corrected chi connectivity index (χ3v) is 4.40. The fourth-order valence-corrected chi connectivity index (χ4v) is 2.73. The van der Waals surface area contributed by atoms with E-state index in [9.17, 15) is 14.4 Å². The van der Waals surface area contributed by atoms with Gasteiger partial charge in [0.1, 0.15) is 12.1 Å². The molecule has 0 radical (unpaired) electrons. The second-order valence-corrected chi connectivity index (χ2v) is 6.84. The fraction of sp³-hybridized carbons (Fsp3) is 0.438. The summed E-state index contributed by atoms with van der Waals surface area (Å²) in [5.41, 5.74) is 6.35. The number of primary amides is 1. The van der Waals surface area contributed by atoms with Crippen molar-refractivity contribution in [3.63, 3.8) is 0 Å². The van der Waals surface area contributed by atoms with Crippen LogP contribution in [-0.4, -0.2) is 29.8 Å². The number of halogens is 1. The molecule has 0 saturated carbocycles. The molecule has 0 aliphatic heterocycles. The first-order valence-electron chi connectivity index (χ1n) is 7.32. The number of hydrogen-bond acceptors (Lipinski definition) is 3. The van der Waals surface area contributed by atoms with Crippen molar-refractivity contribution in [1.29, 1.82) is 0 Å². The summed E-state index contributed by atoms with van der Waals surface area (Å²) in [6.07, 6.45) is 0.311. The Labute approximate surface area is 149 Å². The lowest BCUT2D eigenvalue weighted by Gasteiger charge is -2.24. The molecule has 4 N–H and O–H groups in total. The molecule has 0 unspecified atom stereocenters. The Hall–Kier alpha value is -1.64. The van der Waals surface area contributed by atoms with Crippen LogP contribution < -0.4 is 16.4 Å². The molecule has 0 fully saturated rings. The van der Waals surface area contributed by atoms with Gasteiger partial charge in [-0.3, -0.25) is 14.4 Å². The van der Waals surface area contributed by atoms with Crippen LogP contribution in [0.25, 0.3) is 0 Å². The summed E-state index contributed by atoms with van der Waals surface area (Å²) >= 11 is 2.17. The van der Waals surface area contributed by atoms with Gasteiger partial charge in [-0.25, -0.2) is 0 Å². The van der Waals surface area contributed by atoms with Crippen molar-refractivity contribution in [2.24, 2.45) is 11.7 Å². The smallest absolute Gasteiger partial charge is 0.243 e. The second kappa shape index (κ2) is 8.85. The lowest BCUT2D eigenvalue weighted by Crippen LogP contribution is -2.55. The van der Waals surface area contributed by atoms with Gasteiger partial charge in [-0.05, 0) is 40.1 Å². The highest BCUT2D eigenvalue weighted by molar-refractivity contribution is 14.1. The predicted molar refractivity (Wildman–Crippen MR) is 96.4 cm³/mol. The van der Waals surface area contributed by atoms with E-state index in [1.54, 1.807) is 0 Å². The van der Waals surface area contributed by atoms with Gasteiger partial charge >= 0.3 is 0 Å². The average molecular weight is 431 g/mol. The van der Waals surface area contributed by atoms with Crippen molar-refractivity contribution in [2.75, 3.05) is 0 Å². The summed E-state index contributed by atoms with van der Waals surface area (Å²) < 4.78 is 0.993. The molecule has 0 aliphatic rings. The van der Waals surface area contributed by atoms with E-state index in [0.717, 1.165) is 9.13 Å². The maximum Gasteiger partial charge on any atom is 0.243 e. The third-order valence-electron chi connectivity index (χ3n) is 3.35. The van der Waals surface area contributed by atoms with E-state index >= 15 is 0 Å². The van der Waals surface area contributed by atoms with E-state index in [1.165, 1.54) is 6.92 Å².